The van der Waals surface area contributed by atoms with E-state index < -0.39 is 0 Å². The number of aliphatic hydroxyl groups excluding tert-OH is 1. The first-order chi connectivity index (χ1) is 8.69. The second-order valence-electron chi connectivity index (χ2n) is 3.92. The van der Waals surface area contributed by atoms with Crippen LogP contribution in [-0.2, 0) is 16.0 Å². The van der Waals surface area contributed by atoms with E-state index in [4.69, 9.17) is 5.11 Å². The number of fused-ring (bicyclic) bond motifs is 1. The smallest absolute Gasteiger partial charge is 0.234 e. The van der Waals surface area contributed by atoms with Crippen LogP contribution in [0, 0.1) is 0 Å². The summed E-state index contributed by atoms with van der Waals surface area (Å²) in [5, 5.41) is 14.0. The van der Waals surface area contributed by atoms with E-state index in [1.54, 1.807) is 0 Å². The molecule has 2 rings (SSSR count). The number of hydrogen-bond acceptors (Lipinski definition) is 4. The van der Waals surface area contributed by atoms with Crippen molar-refractivity contribution in [3.63, 3.8) is 0 Å². The highest BCUT2D eigenvalue weighted by Crippen LogP contribution is 2.31. The summed E-state index contributed by atoms with van der Waals surface area (Å²) in [6.07, 6.45) is 0.244. The summed E-state index contributed by atoms with van der Waals surface area (Å²) in [7, 11) is 0. The molecule has 1 aliphatic rings. The molecule has 0 saturated carbocycles. The van der Waals surface area contributed by atoms with Gasteiger partial charge in [-0.1, -0.05) is 6.07 Å². The molecule has 0 aliphatic carbocycles. The highest BCUT2D eigenvalue weighted by molar-refractivity contribution is 8.00. The molecule has 0 fully saturated rings. The molecule has 3 N–H and O–H groups in total. The zero-order valence-electron chi connectivity index (χ0n) is 9.73. The van der Waals surface area contributed by atoms with E-state index in [9.17, 15) is 9.59 Å². The lowest BCUT2D eigenvalue weighted by molar-refractivity contribution is -0.120. The Labute approximate surface area is 109 Å². The lowest BCUT2D eigenvalue weighted by Gasteiger charge is -2.17. The van der Waals surface area contributed by atoms with Crippen LogP contribution in [0.4, 0.5) is 5.69 Å². The largest absolute Gasteiger partial charge is 0.395 e. The van der Waals surface area contributed by atoms with Gasteiger partial charge in [-0.05, 0) is 17.7 Å². The Kier molecular flexibility index (Phi) is 4.22. The van der Waals surface area contributed by atoms with Gasteiger partial charge >= 0.3 is 0 Å². The van der Waals surface area contributed by atoms with E-state index in [1.165, 1.54) is 11.8 Å². The second-order valence-corrected chi connectivity index (χ2v) is 4.93. The van der Waals surface area contributed by atoms with Crippen LogP contribution in [0.5, 0.6) is 0 Å². The maximum atomic E-state index is 11.5. The van der Waals surface area contributed by atoms with Gasteiger partial charge in [0, 0.05) is 11.4 Å². The predicted molar refractivity (Wildman–Crippen MR) is 69.6 cm³/mol. The minimum absolute atomic E-state index is 0.0191. The summed E-state index contributed by atoms with van der Waals surface area (Å²) in [6, 6.07) is 5.61. The maximum absolute atomic E-state index is 11.5. The molecule has 2 amide bonds. The van der Waals surface area contributed by atoms with Gasteiger partial charge in [0.15, 0.2) is 0 Å². The molecule has 0 unspecified atom stereocenters. The van der Waals surface area contributed by atoms with Crippen molar-refractivity contribution in [1.82, 2.24) is 5.32 Å². The van der Waals surface area contributed by atoms with E-state index >= 15 is 0 Å². The molecule has 1 aromatic carbocycles. The summed E-state index contributed by atoms with van der Waals surface area (Å²) in [5.41, 5.74) is 1.61. The van der Waals surface area contributed by atoms with E-state index in [2.05, 4.69) is 10.6 Å². The van der Waals surface area contributed by atoms with Gasteiger partial charge in [0.2, 0.25) is 11.8 Å². The van der Waals surface area contributed by atoms with Gasteiger partial charge in [0.05, 0.1) is 24.5 Å². The Morgan fingerprint density at radius 2 is 2.33 bits per heavy atom. The highest BCUT2D eigenvalue weighted by atomic mass is 32.2. The van der Waals surface area contributed by atoms with Gasteiger partial charge in [-0.2, -0.15) is 0 Å². The van der Waals surface area contributed by atoms with Crippen LogP contribution in [-0.4, -0.2) is 35.8 Å². The third-order valence-corrected chi connectivity index (χ3v) is 3.55. The van der Waals surface area contributed by atoms with Crippen molar-refractivity contribution >= 4 is 29.3 Å². The Morgan fingerprint density at radius 3 is 3.11 bits per heavy atom. The Morgan fingerprint density at radius 1 is 1.50 bits per heavy atom. The molecule has 5 nitrogen and oxygen atoms in total. The minimum Gasteiger partial charge on any atom is -0.395 e. The van der Waals surface area contributed by atoms with Crippen LogP contribution in [0.1, 0.15) is 5.56 Å². The second kappa shape index (κ2) is 5.88. The maximum Gasteiger partial charge on any atom is 0.234 e. The molecule has 1 aromatic rings. The van der Waals surface area contributed by atoms with E-state index in [-0.39, 0.29) is 31.4 Å². The van der Waals surface area contributed by atoms with E-state index in [1.807, 2.05) is 18.2 Å². The molecular weight excluding hydrogens is 252 g/mol. The van der Waals surface area contributed by atoms with Gasteiger partial charge in [-0.15, -0.1) is 11.8 Å². The molecule has 0 radical (unpaired) electrons. The molecule has 96 valence electrons. The molecule has 1 heterocycles. The van der Waals surface area contributed by atoms with Crippen molar-refractivity contribution in [1.29, 1.82) is 0 Å². The van der Waals surface area contributed by atoms with Crippen molar-refractivity contribution < 1.29 is 14.7 Å². The molecule has 18 heavy (non-hydrogen) atoms. The number of aliphatic hydroxyl groups is 1. The van der Waals surface area contributed by atoms with Crippen LogP contribution in [0.15, 0.2) is 23.1 Å². The fourth-order valence-corrected chi connectivity index (χ4v) is 2.47. The number of carbonyl (C=O) groups is 2. The number of hydrogen-bond donors (Lipinski definition) is 3. The number of anilines is 1. The van der Waals surface area contributed by atoms with Gasteiger partial charge < -0.3 is 15.7 Å². The van der Waals surface area contributed by atoms with Crippen molar-refractivity contribution in [2.24, 2.45) is 0 Å². The molecule has 0 saturated heterocycles. The zero-order valence-corrected chi connectivity index (χ0v) is 10.5. The van der Waals surface area contributed by atoms with Crippen molar-refractivity contribution in [3.05, 3.63) is 23.8 Å². The summed E-state index contributed by atoms with van der Waals surface area (Å²) in [4.78, 5) is 23.8. The lowest BCUT2D eigenvalue weighted by Crippen LogP contribution is -2.28. The number of nitrogens with one attached hydrogen (secondary N) is 2. The van der Waals surface area contributed by atoms with Gasteiger partial charge in [0.1, 0.15) is 0 Å². The lowest BCUT2D eigenvalue weighted by atomic mass is 10.1. The molecular formula is C12H14N2O3S. The fourth-order valence-electron chi connectivity index (χ4n) is 1.68. The quantitative estimate of drug-likeness (QED) is 0.736. The summed E-state index contributed by atoms with van der Waals surface area (Å²) in [6.45, 7) is 0.193. The predicted octanol–water partition coefficient (Wildman–Crippen LogP) is 0.382. The van der Waals surface area contributed by atoms with Crippen LogP contribution < -0.4 is 10.6 Å². The van der Waals surface area contributed by atoms with Crippen LogP contribution in [0.25, 0.3) is 0 Å². The fraction of sp³-hybridized carbons (Fsp3) is 0.333. The van der Waals surface area contributed by atoms with Gasteiger partial charge in [-0.3, -0.25) is 9.59 Å². The standard InChI is InChI=1S/C12H14N2O3S/c15-4-3-13-11(16)6-8-1-2-10-9(5-8)14-12(17)7-18-10/h1-2,5,15H,3-4,6-7H2,(H,13,16)(H,14,17). The molecule has 0 spiro atoms. The number of rotatable bonds is 4. The summed E-state index contributed by atoms with van der Waals surface area (Å²) < 4.78 is 0. The SMILES string of the molecule is O=C(Cc1ccc2c(c1)NC(=O)CS2)NCCO. The molecule has 1 aliphatic heterocycles. The first kappa shape index (κ1) is 12.9. The summed E-state index contributed by atoms with van der Waals surface area (Å²) in [5.74, 6) is 0.275. The first-order valence-electron chi connectivity index (χ1n) is 5.62. The van der Waals surface area contributed by atoms with Crippen molar-refractivity contribution in [3.8, 4) is 0 Å². The van der Waals surface area contributed by atoms with Gasteiger partial charge in [-0.25, -0.2) is 0 Å². The van der Waals surface area contributed by atoms with Crippen LogP contribution in [0.2, 0.25) is 0 Å². The van der Waals surface area contributed by atoms with Crippen molar-refractivity contribution in [2.75, 3.05) is 24.2 Å². The number of amides is 2. The minimum atomic E-state index is -0.140. The Bertz CT molecular complexity index is 476. The summed E-state index contributed by atoms with van der Waals surface area (Å²) >= 11 is 1.49. The molecule has 0 aromatic heterocycles. The van der Waals surface area contributed by atoms with Crippen LogP contribution >= 0.6 is 11.8 Å². The third kappa shape index (κ3) is 3.24. The highest BCUT2D eigenvalue weighted by Gasteiger charge is 2.15. The number of thioether (sulfide) groups is 1. The van der Waals surface area contributed by atoms with Crippen molar-refractivity contribution in [2.45, 2.75) is 11.3 Å². The number of benzene rings is 1. The molecule has 0 bridgehead atoms. The first-order valence-corrected chi connectivity index (χ1v) is 6.61. The average molecular weight is 266 g/mol. The molecule has 0 atom stereocenters. The Balaban J connectivity index is 2.04. The third-order valence-electron chi connectivity index (χ3n) is 2.48. The topological polar surface area (TPSA) is 78.4 Å². The zero-order chi connectivity index (χ0) is 13.0. The van der Waals surface area contributed by atoms with Gasteiger partial charge in [0.25, 0.3) is 0 Å². The van der Waals surface area contributed by atoms with E-state index in [0.717, 1.165) is 16.1 Å². The average Bonchev–Trinajstić information content (AvgIpc) is 2.36. The van der Waals surface area contributed by atoms with E-state index in [0.29, 0.717) is 5.75 Å². The molecule has 6 heteroatoms. The van der Waals surface area contributed by atoms with Crippen LogP contribution in [0.3, 0.4) is 0 Å². The monoisotopic (exact) mass is 266 g/mol. The number of carbonyl (C=O) groups excluding carboxylic acids is 2. The Hall–Kier alpha value is -1.53. The normalized spacial score (nSPS) is 13.7.